The molecule has 0 saturated heterocycles. The lowest BCUT2D eigenvalue weighted by Gasteiger charge is -2.02. The monoisotopic (exact) mass is 252 g/mol. The van der Waals surface area contributed by atoms with E-state index in [-0.39, 0.29) is 12.6 Å². The van der Waals surface area contributed by atoms with Gasteiger partial charge in [-0.05, 0) is 12.8 Å². The van der Waals surface area contributed by atoms with E-state index in [1.807, 2.05) is 0 Å². The lowest BCUT2D eigenvalue weighted by molar-refractivity contribution is -0.144. The van der Waals surface area contributed by atoms with Gasteiger partial charge in [-0.15, -0.1) is 0 Å². The molecule has 0 radical (unpaired) electrons. The topological polar surface area (TPSA) is 46.5 Å². The SMILES string of the molecule is O=C(CCCCCBr)OCCCO. The quantitative estimate of drug-likeness (QED) is 0.408. The van der Waals surface area contributed by atoms with E-state index in [9.17, 15) is 4.79 Å². The Morgan fingerprint density at radius 3 is 2.62 bits per heavy atom. The number of carbonyl (C=O) groups is 1. The van der Waals surface area contributed by atoms with Crippen molar-refractivity contribution in [1.29, 1.82) is 0 Å². The Labute approximate surface area is 87.6 Å². The minimum absolute atomic E-state index is 0.0802. The number of aliphatic hydroxyl groups is 1. The average molecular weight is 253 g/mol. The van der Waals surface area contributed by atoms with Crippen molar-refractivity contribution in [3.05, 3.63) is 0 Å². The zero-order valence-corrected chi connectivity index (χ0v) is 9.38. The zero-order chi connectivity index (χ0) is 9.94. The maximum absolute atomic E-state index is 11.0. The van der Waals surface area contributed by atoms with Crippen LogP contribution in [0.5, 0.6) is 0 Å². The van der Waals surface area contributed by atoms with Gasteiger partial charge in [0.05, 0.1) is 6.61 Å². The zero-order valence-electron chi connectivity index (χ0n) is 7.80. The summed E-state index contributed by atoms with van der Waals surface area (Å²) in [6.07, 6.45) is 4.08. The fourth-order valence-corrected chi connectivity index (χ4v) is 1.26. The molecule has 4 heteroatoms. The largest absolute Gasteiger partial charge is 0.466 e. The smallest absolute Gasteiger partial charge is 0.305 e. The first kappa shape index (κ1) is 12.9. The molecule has 0 amide bonds. The summed E-state index contributed by atoms with van der Waals surface area (Å²) in [5.74, 6) is -0.150. The Morgan fingerprint density at radius 2 is 2.00 bits per heavy atom. The van der Waals surface area contributed by atoms with E-state index in [1.165, 1.54) is 0 Å². The number of unbranched alkanes of at least 4 members (excludes halogenated alkanes) is 2. The van der Waals surface area contributed by atoms with Gasteiger partial charge in [-0.2, -0.15) is 0 Å². The molecule has 3 nitrogen and oxygen atoms in total. The molecule has 0 aromatic rings. The Kier molecular flexibility index (Phi) is 9.92. The number of hydrogen-bond acceptors (Lipinski definition) is 3. The van der Waals surface area contributed by atoms with Gasteiger partial charge in [0.1, 0.15) is 0 Å². The minimum atomic E-state index is -0.150. The number of aliphatic hydroxyl groups excluding tert-OH is 1. The van der Waals surface area contributed by atoms with Gasteiger partial charge >= 0.3 is 5.97 Å². The van der Waals surface area contributed by atoms with Crippen LogP contribution in [0.3, 0.4) is 0 Å². The summed E-state index contributed by atoms with van der Waals surface area (Å²) < 4.78 is 4.85. The standard InChI is InChI=1S/C9H17BrO3/c10-6-3-1-2-5-9(12)13-8-4-7-11/h11H,1-8H2. The van der Waals surface area contributed by atoms with Crippen molar-refractivity contribution in [1.82, 2.24) is 0 Å². The highest BCUT2D eigenvalue weighted by Gasteiger charge is 2.01. The molecule has 1 N–H and O–H groups in total. The van der Waals surface area contributed by atoms with Crippen LogP contribution in [0.1, 0.15) is 32.1 Å². The molecule has 0 aliphatic carbocycles. The summed E-state index contributed by atoms with van der Waals surface area (Å²) in [7, 11) is 0. The van der Waals surface area contributed by atoms with Crippen LogP contribution >= 0.6 is 15.9 Å². The Hall–Kier alpha value is -0.0900. The molecule has 0 unspecified atom stereocenters. The van der Waals surface area contributed by atoms with Gasteiger partial charge in [0.25, 0.3) is 0 Å². The second-order valence-corrected chi connectivity index (χ2v) is 3.59. The number of esters is 1. The summed E-state index contributed by atoms with van der Waals surface area (Å²) >= 11 is 3.32. The van der Waals surface area contributed by atoms with Crippen molar-refractivity contribution in [2.75, 3.05) is 18.5 Å². The molecular weight excluding hydrogens is 236 g/mol. The third-order valence-electron chi connectivity index (χ3n) is 1.58. The Balaban J connectivity index is 3.11. The molecule has 0 aromatic carbocycles. The van der Waals surface area contributed by atoms with E-state index in [0.717, 1.165) is 24.6 Å². The lowest BCUT2D eigenvalue weighted by Crippen LogP contribution is -2.06. The van der Waals surface area contributed by atoms with Gasteiger partial charge in [0, 0.05) is 24.8 Å². The van der Waals surface area contributed by atoms with E-state index in [2.05, 4.69) is 15.9 Å². The van der Waals surface area contributed by atoms with Crippen molar-refractivity contribution in [2.24, 2.45) is 0 Å². The van der Waals surface area contributed by atoms with Crippen molar-refractivity contribution in [3.63, 3.8) is 0 Å². The average Bonchev–Trinajstić information content (AvgIpc) is 2.13. The molecule has 0 atom stereocenters. The fraction of sp³-hybridized carbons (Fsp3) is 0.889. The maximum Gasteiger partial charge on any atom is 0.305 e. The number of halogens is 1. The summed E-state index contributed by atoms with van der Waals surface area (Å²) in [5.41, 5.74) is 0. The second-order valence-electron chi connectivity index (χ2n) is 2.80. The van der Waals surface area contributed by atoms with Crippen LogP contribution in [0.15, 0.2) is 0 Å². The highest BCUT2D eigenvalue weighted by atomic mass is 79.9. The fourth-order valence-electron chi connectivity index (χ4n) is 0.863. The molecule has 0 spiro atoms. The Bertz CT molecular complexity index is 128. The van der Waals surface area contributed by atoms with Gasteiger partial charge in [-0.25, -0.2) is 0 Å². The van der Waals surface area contributed by atoms with E-state index in [0.29, 0.717) is 19.4 Å². The van der Waals surface area contributed by atoms with Crippen molar-refractivity contribution < 1.29 is 14.6 Å². The van der Waals surface area contributed by atoms with Gasteiger partial charge in [0.15, 0.2) is 0 Å². The molecule has 0 aromatic heterocycles. The lowest BCUT2D eigenvalue weighted by atomic mass is 10.2. The van der Waals surface area contributed by atoms with Gasteiger partial charge in [0.2, 0.25) is 0 Å². The number of rotatable bonds is 8. The predicted molar refractivity (Wildman–Crippen MR) is 54.9 cm³/mol. The molecular formula is C9H17BrO3. The van der Waals surface area contributed by atoms with Gasteiger partial charge in [-0.3, -0.25) is 4.79 Å². The van der Waals surface area contributed by atoms with Crippen LogP contribution in [0.2, 0.25) is 0 Å². The van der Waals surface area contributed by atoms with Gasteiger partial charge < -0.3 is 9.84 Å². The first-order valence-corrected chi connectivity index (χ1v) is 5.76. The third kappa shape index (κ3) is 9.83. The molecule has 13 heavy (non-hydrogen) atoms. The number of hydrogen-bond donors (Lipinski definition) is 1. The normalized spacial score (nSPS) is 10.0. The maximum atomic E-state index is 11.0. The molecule has 0 fully saturated rings. The number of ether oxygens (including phenoxy) is 1. The second kappa shape index (κ2) is 9.99. The van der Waals surface area contributed by atoms with Crippen LogP contribution in [-0.4, -0.2) is 29.6 Å². The van der Waals surface area contributed by atoms with Crippen LogP contribution in [0.25, 0.3) is 0 Å². The van der Waals surface area contributed by atoms with E-state index < -0.39 is 0 Å². The van der Waals surface area contributed by atoms with E-state index in [1.54, 1.807) is 0 Å². The Morgan fingerprint density at radius 1 is 1.23 bits per heavy atom. The molecule has 0 aliphatic heterocycles. The van der Waals surface area contributed by atoms with Crippen molar-refractivity contribution in [3.8, 4) is 0 Å². The van der Waals surface area contributed by atoms with Gasteiger partial charge in [-0.1, -0.05) is 22.4 Å². The van der Waals surface area contributed by atoms with Crippen LogP contribution < -0.4 is 0 Å². The minimum Gasteiger partial charge on any atom is -0.466 e. The summed E-state index contributed by atoms with van der Waals surface area (Å²) in [5, 5.41) is 9.42. The van der Waals surface area contributed by atoms with E-state index in [4.69, 9.17) is 9.84 Å². The van der Waals surface area contributed by atoms with Crippen LogP contribution in [0, 0.1) is 0 Å². The van der Waals surface area contributed by atoms with Crippen molar-refractivity contribution >= 4 is 21.9 Å². The first-order chi connectivity index (χ1) is 6.31. The molecule has 0 aliphatic rings. The molecule has 0 rings (SSSR count). The third-order valence-corrected chi connectivity index (χ3v) is 2.14. The summed E-state index contributed by atoms with van der Waals surface area (Å²) in [6.45, 7) is 0.421. The number of carbonyl (C=O) groups excluding carboxylic acids is 1. The predicted octanol–water partition coefficient (Wildman–Crippen LogP) is 1.87. The summed E-state index contributed by atoms with van der Waals surface area (Å²) in [4.78, 5) is 11.0. The van der Waals surface area contributed by atoms with E-state index >= 15 is 0 Å². The highest BCUT2D eigenvalue weighted by Crippen LogP contribution is 2.03. The number of alkyl halides is 1. The molecule has 0 saturated carbocycles. The van der Waals surface area contributed by atoms with Crippen LogP contribution in [-0.2, 0) is 9.53 Å². The molecule has 0 bridgehead atoms. The van der Waals surface area contributed by atoms with Crippen LogP contribution in [0.4, 0.5) is 0 Å². The highest BCUT2D eigenvalue weighted by molar-refractivity contribution is 9.09. The molecule has 0 heterocycles. The molecule has 78 valence electrons. The first-order valence-electron chi connectivity index (χ1n) is 4.63. The summed E-state index contributed by atoms with van der Waals surface area (Å²) in [6, 6.07) is 0. The van der Waals surface area contributed by atoms with Crippen molar-refractivity contribution in [2.45, 2.75) is 32.1 Å².